The fourth-order valence-corrected chi connectivity index (χ4v) is 2.19. The first-order valence-corrected chi connectivity index (χ1v) is 6.54. The van der Waals surface area contributed by atoms with Crippen molar-refractivity contribution in [1.82, 2.24) is 5.32 Å². The summed E-state index contributed by atoms with van der Waals surface area (Å²) in [7, 11) is 0. The molecule has 0 aliphatic rings. The molecule has 0 bridgehead atoms. The number of halogens is 4. The van der Waals surface area contributed by atoms with E-state index in [1.807, 2.05) is 6.92 Å². The molecule has 5 heteroatoms. The average molecular weight is 300 g/mol. The van der Waals surface area contributed by atoms with Crippen LogP contribution in [0.15, 0.2) is 30.3 Å². The second kappa shape index (κ2) is 6.29. The van der Waals surface area contributed by atoms with Crippen molar-refractivity contribution >= 4 is 11.6 Å². The zero-order valence-corrected chi connectivity index (χ0v) is 11.6. The van der Waals surface area contributed by atoms with Crippen molar-refractivity contribution in [3.05, 3.63) is 58.4 Å². The molecule has 0 aliphatic carbocycles. The van der Waals surface area contributed by atoms with Gasteiger partial charge < -0.3 is 5.32 Å². The molecule has 0 radical (unpaired) electrons. The van der Waals surface area contributed by atoms with Crippen LogP contribution < -0.4 is 5.32 Å². The molecule has 2 aromatic rings. The molecular formula is C15H13ClF3N. The highest BCUT2D eigenvalue weighted by molar-refractivity contribution is 6.33. The van der Waals surface area contributed by atoms with Gasteiger partial charge in [-0.15, -0.1) is 0 Å². The van der Waals surface area contributed by atoms with Gasteiger partial charge in [0.25, 0.3) is 0 Å². The van der Waals surface area contributed by atoms with Crippen LogP contribution in [0.25, 0.3) is 11.1 Å². The highest BCUT2D eigenvalue weighted by Gasteiger charge is 2.14. The summed E-state index contributed by atoms with van der Waals surface area (Å²) in [5.74, 6) is -2.49. The molecular weight excluding hydrogens is 287 g/mol. The molecule has 0 saturated carbocycles. The fraction of sp³-hybridized carbons (Fsp3) is 0.200. The first-order chi connectivity index (χ1) is 9.52. The van der Waals surface area contributed by atoms with Crippen molar-refractivity contribution in [3.63, 3.8) is 0 Å². The number of hydrogen-bond donors (Lipinski definition) is 1. The minimum absolute atomic E-state index is 0.0484. The van der Waals surface area contributed by atoms with Crippen molar-refractivity contribution in [1.29, 1.82) is 0 Å². The molecule has 0 aromatic heterocycles. The Labute approximate surface area is 120 Å². The molecule has 1 nitrogen and oxygen atoms in total. The highest BCUT2D eigenvalue weighted by Crippen LogP contribution is 2.32. The summed E-state index contributed by atoms with van der Waals surface area (Å²) < 4.78 is 39.9. The van der Waals surface area contributed by atoms with Crippen LogP contribution in [0.1, 0.15) is 12.5 Å². The van der Waals surface area contributed by atoms with Crippen LogP contribution in [0.4, 0.5) is 13.2 Å². The second-order valence-electron chi connectivity index (χ2n) is 4.33. The highest BCUT2D eigenvalue weighted by atomic mass is 35.5. The number of rotatable bonds is 4. The van der Waals surface area contributed by atoms with E-state index in [2.05, 4.69) is 5.32 Å². The van der Waals surface area contributed by atoms with Crippen LogP contribution in [0, 0.1) is 17.5 Å². The molecule has 0 spiro atoms. The van der Waals surface area contributed by atoms with Crippen LogP contribution in [-0.4, -0.2) is 6.54 Å². The Bertz CT molecular complexity index is 629. The summed E-state index contributed by atoms with van der Waals surface area (Å²) in [6.07, 6.45) is 0. The van der Waals surface area contributed by atoms with E-state index in [1.54, 1.807) is 6.07 Å². The van der Waals surface area contributed by atoms with E-state index in [0.717, 1.165) is 24.2 Å². The largest absolute Gasteiger partial charge is 0.313 e. The molecule has 1 N–H and O–H groups in total. The van der Waals surface area contributed by atoms with Crippen LogP contribution >= 0.6 is 11.6 Å². The van der Waals surface area contributed by atoms with Crippen molar-refractivity contribution in [3.8, 4) is 11.1 Å². The Morgan fingerprint density at radius 3 is 2.40 bits per heavy atom. The van der Waals surface area contributed by atoms with E-state index in [0.29, 0.717) is 12.1 Å². The van der Waals surface area contributed by atoms with Gasteiger partial charge in [0.05, 0.1) is 5.02 Å². The summed E-state index contributed by atoms with van der Waals surface area (Å²) >= 11 is 5.94. The molecule has 20 heavy (non-hydrogen) atoms. The number of hydrogen-bond acceptors (Lipinski definition) is 1. The maximum atomic E-state index is 13.4. The summed E-state index contributed by atoms with van der Waals surface area (Å²) in [4.78, 5) is 0. The molecule has 0 saturated heterocycles. The minimum Gasteiger partial charge on any atom is -0.313 e. The Kier molecular flexibility index (Phi) is 4.68. The lowest BCUT2D eigenvalue weighted by atomic mass is 9.99. The number of benzene rings is 2. The Balaban J connectivity index is 2.55. The van der Waals surface area contributed by atoms with Gasteiger partial charge in [-0.3, -0.25) is 0 Å². The predicted octanol–water partition coefficient (Wildman–Crippen LogP) is 4.53. The van der Waals surface area contributed by atoms with E-state index in [4.69, 9.17) is 11.6 Å². The van der Waals surface area contributed by atoms with Crippen LogP contribution in [0.5, 0.6) is 0 Å². The molecule has 2 rings (SSSR count). The molecule has 0 heterocycles. The third-order valence-electron chi connectivity index (χ3n) is 2.94. The lowest BCUT2D eigenvalue weighted by molar-refractivity contribution is 0.509. The van der Waals surface area contributed by atoms with Gasteiger partial charge in [-0.1, -0.05) is 24.6 Å². The third kappa shape index (κ3) is 3.14. The van der Waals surface area contributed by atoms with Gasteiger partial charge in [0.2, 0.25) is 0 Å². The van der Waals surface area contributed by atoms with Gasteiger partial charge in [0.15, 0.2) is 11.6 Å². The summed E-state index contributed by atoms with van der Waals surface area (Å²) in [6.45, 7) is 3.16. The smallest absolute Gasteiger partial charge is 0.160 e. The standard InChI is InChI=1S/C15H13ClF3N/c1-2-20-8-9-3-4-10(17)5-11(9)12-6-14(18)15(19)7-13(12)16/h3-7,20H,2,8H2,1H3. The predicted molar refractivity (Wildman–Crippen MR) is 74.1 cm³/mol. The molecule has 106 valence electrons. The first-order valence-electron chi connectivity index (χ1n) is 6.17. The molecule has 0 atom stereocenters. The van der Waals surface area contributed by atoms with E-state index in [1.165, 1.54) is 12.1 Å². The molecule has 0 fully saturated rings. The van der Waals surface area contributed by atoms with Crippen LogP contribution in [-0.2, 0) is 6.54 Å². The van der Waals surface area contributed by atoms with Gasteiger partial charge in [-0.2, -0.15) is 0 Å². The number of nitrogens with one attached hydrogen (secondary N) is 1. The Hall–Kier alpha value is -1.52. The molecule has 0 aliphatic heterocycles. The van der Waals surface area contributed by atoms with Gasteiger partial charge >= 0.3 is 0 Å². The van der Waals surface area contributed by atoms with Gasteiger partial charge in [0.1, 0.15) is 5.82 Å². The summed E-state index contributed by atoms with van der Waals surface area (Å²) in [5, 5.41) is 3.15. The van der Waals surface area contributed by atoms with Crippen LogP contribution in [0.2, 0.25) is 5.02 Å². The van der Waals surface area contributed by atoms with Crippen LogP contribution in [0.3, 0.4) is 0 Å². The first kappa shape index (κ1) is 14.9. The SMILES string of the molecule is CCNCc1ccc(F)cc1-c1cc(F)c(F)cc1Cl. The van der Waals surface area contributed by atoms with Gasteiger partial charge in [-0.25, -0.2) is 13.2 Å². The molecule has 2 aromatic carbocycles. The molecule has 0 unspecified atom stereocenters. The maximum absolute atomic E-state index is 13.4. The monoisotopic (exact) mass is 299 g/mol. The average Bonchev–Trinajstić information content (AvgIpc) is 2.41. The quantitative estimate of drug-likeness (QED) is 0.818. The Morgan fingerprint density at radius 2 is 1.70 bits per heavy atom. The zero-order valence-electron chi connectivity index (χ0n) is 10.8. The van der Waals surface area contributed by atoms with Crippen molar-refractivity contribution < 1.29 is 13.2 Å². The van der Waals surface area contributed by atoms with Crippen molar-refractivity contribution in [2.24, 2.45) is 0 Å². The fourth-order valence-electron chi connectivity index (χ4n) is 1.94. The van der Waals surface area contributed by atoms with E-state index in [-0.39, 0.29) is 10.6 Å². The normalized spacial score (nSPS) is 10.8. The van der Waals surface area contributed by atoms with E-state index in [9.17, 15) is 13.2 Å². The lowest BCUT2D eigenvalue weighted by Crippen LogP contribution is -2.12. The summed E-state index contributed by atoms with van der Waals surface area (Å²) in [5.41, 5.74) is 1.49. The zero-order chi connectivity index (χ0) is 14.7. The van der Waals surface area contributed by atoms with Crippen molar-refractivity contribution in [2.75, 3.05) is 6.54 Å². The lowest BCUT2D eigenvalue weighted by Gasteiger charge is -2.12. The summed E-state index contributed by atoms with van der Waals surface area (Å²) in [6, 6.07) is 6.08. The third-order valence-corrected chi connectivity index (χ3v) is 3.25. The molecule has 0 amide bonds. The maximum Gasteiger partial charge on any atom is 0.160 e. The van der Waals surface area contributed by atoms with Gasteiger partial charge in [-0.05, 0) is 41.9 Å². The second-order valence-corrected chi connectivity index (χ2v) is 4.74. The van der Waals surface area contributed by atoms with E-state index < -0.39 is 17.5 Å². The van der Waals surface area contributed by atoms with Crippen molar-refractivity contribution in [2.45, 2.75) is 13.5 Å². The minimum atomic E-state index is -1.02. The topological polar surface area (TPSA) is 12.0 Å². The van der Waals surface area contributed by atoms with E-state index >= 15 is 0 Å². The Morgan fingerprint density at radius 1 is 1.00 bits per heavy atom. The van der Waals surface area contributed by atoms with Gasteiger partial charge in [0, 0.05) is 12.1 Å².